The number of ether oxygens (including phenoxy) is 1. The summed E-state index contributed by atoms with van der Waals surface area (Å²) in [6, 6.07) is 3.74. The largest absolute Gasteiger partial charge is 0.477 e. The predicted molar refractivity (Wildman–Crippen MR) is 106 cm³/mol. The Morgan fingerprint density at radius 1 is 1.21 bits per heavy atom. The highest BCUT2D eigenvalue weighted by Gasteiger charge is 2.30. The fourth-order valence-electron chi connectivity index (χ4n) is 3.91. The molecule has 0 atom stereocenters. The Balaban J connectivity index is 1.72. The summed E-state index contributed by atoms with van der Waals surface area (Å²) in [7, 11) is -2.05. The first-order chi connectivity index (χ1) is 13.8. The molecular formula is C19H27N3O6S. The summed E-state index contributed by atoms with van der Waals surface area (Å²) in [5, 5.41) is 11.5. The maximum Gasteiger partial charge on any atom is 0.312 e. The number of likely N-dealkylation sites (N-methyl/N-ethyl adjacent to an activating group) is 1. The van der Waals surface area contributed by atoms with Crippen molar-refractivity contribution in [3.8, 4) is 5.75 Å². The van der Waals surface area contributed by atoms with Crippen molar-refractivity contribution < 1.29 is 22.9 Å². The van der Waals surface area contributed by atoms with Gasteiger partial charge >= 0.3 is 5.69 Å². The predicted octanol–water partition coefficient (Wildman–Crippen LogP) is 2.55. The lowest BCUT2D eigenvalue weighted by atomic mass is 9.94. The minimum absolute atomic E-state index is 0.110. The van der Waals surface area contributed by atoms with Crippen LogP contribution in [0.15, 0.2) is 23.1 Å². The highest BCUT2D eigenvalue weighted by atomic mass is 32.2. The number of amides is 1. The lowest BCUT2D eigenvalue weighted by molar-refractivity contribution is -0.386. The van der Waals surface area contributed by atoms with E-state index in [0.29, 0.717) is 13.1 Å². The molecule has 0 unspecified atom stereocenters. The van der Waals surface area contributed by atoms with E-state index in [1.165, 1.54) is 22.9 Å². The SMILES string of the molecule is CN(C(=O)COc1ccc(S(=O)(=O)N2CCCC2)cc1[N+](=O)[O-])C1CCCCC1. The molecule has 1 saturated carbocycles. The second kappa shape index (κ2) is 9.08. The maximum absolute atomic E-state index is 12.7. The lowest BCUT2D eigenvalue weighted by Crippen LogP contribution is -2.40. The summed E-state index contributed by atoms with van der Waals surface area (Å²) >= 11 is 0. The van der Waals surface area contributed by atoms with Gasteiger partial charge in [-0.2, -0.15) is 4.31 Å². The monoisotopic (exact) mass is 425 g/mol. The van der Waals surface area contributed by atoms with E-state index in [2.05, 4.69) is 0 Å². The molecular weight excluding hydrogens is 398 g/mol. The first-order valence-corrected chi connectivity index (χ1v) is 11.4. The number of carbonyl (C=O) groups excluding carboxylic acids is 1. The molecule has 1 aromatic rings. The number of hydrogen-bond acceptors (Lipinski definition) is 6. The van der Waals surface area contributed by atoms with Gasteiger partial charge in [0, 0.05) is 32.2 Å². The van der Waals surface area contributed by atoms with E-state index >= 15 is 0 Å². The van der Waals surface area contributed by atoms with Crippen molar-refractivity contribution in [2.75, 3.05) is 26.7 Å². The lowest BCUT2D eigenvalue weighted by Gasteiger charge is -2.31. The van der Waals surface area contributed by atoms with Crippen LogP contribution >= 0.6 is 0 Å². The quantitative estimate of drug-likeness (QED) is 0.490. The van der Waals surface area contributed by atoms with Crippen LogP contribution in [0.3, 0.4) is 0 Å². The third kappa shape index (κ3) is 4.87. The van der Waals surface area contributed by atoms with Gasteiger partial charge in [-0.25, -0.2) is 8.42 Å². The first-order valence-electron chi connectivity index (χ1n) is 9.98. The molecule has 1 aromatic carbocycles. The standard InChI is InChI=1S/C19H27N3O6S/c1-20(15-7-3-2-4-8-15)19(23)14-28-18-10-9-16(13-17(18)22(24)25)29(26,27)21-11-5-6-12-21/h9-10,13,15H,2-8,11-12,14H2,1H3. The van der Waals surface area contributed by atoms with Crippen LogP contribution in [0.5, 0.6) is 5.75 Å². The van der Waals surface area contributed by atoms with E-state index < -0.39 is 20.6 Å². The Morgan fingerprint density at radius 2 is 1.86 bits per heavy atom. The van der Waals surface area contributed by atoms with Crippen molar-refractivity contribution in [1.82, 2.24) is 9.21 Å². The number of nitro benzene ring substituents is 1. The highest BCUT2D eigenvalue weighted by Crippen LogP contribution is 2.32. The zero-order valence-corrected chi connectivity index (χ0v) is 17.4. The van der Waals surface area contributed by atoms with Gasteiger partial charge in [-0.1, -0.05) is 19.3 Å². The molecule has 1 aliphatic heterocycles. The molecule has 2 aliphatic rings. The van der Waals surface area contributed by atoms with Gasteiger partial charge < -0.3 is 9.64 Å². The van der Waals surface area contributed by atoms with Gasteiger partial charge in [-0.3, -0.25) is 14.9 Å². The summed E-state index contributed by atoms with van der Waals surface area (Å²) in [5.74, 6) is -0.360. The van der Waals surface area contributed by atoms with Crippen molar-refractivity contribution in [2.45, 2.75) is 55.9 Å². The number of carbonyl (C=O) groups is 1. The molecule has 0 spiro atoms. The Morgan fingerprint density at radius 3 is 2.48 bits per heavy atom. The molecule has 10 heteroatoms. The highest BCUT2D eigenvalue weighted by molar-refractivity contribution is 7.89. The normalized spacial score (nSPS) is 18.5. The van der Waals surface area contributed by atoms with E-state index in [4.69, 9.17) is 4.74 Å². The number of benzene rings is 1. The van der Waals surface area contributed by atoms with E-state index in [9.17, 15) is 23.3 Å². The smallest absolute Gasteiger partial charge is 0.312 e. The van der Waals surface area contributed by atoms with Crippen LogP contribution in [0, 0.1) is 10.1 Å². The molecule has 9 nitrogen and oxygen atoms in total. The Kier molecular flexibility index (Phi) is 6.74. The number of rotatable bonds is 7. The van der Waals surface area contributed by atoms with Gasteiger partial charge in [0.15, 0.2) is 12.4 Å². The van der Waals surface area contributed by atoms with E-state index in [1.807, 2.05) is 0 Å². The minimum atomic E-state index is -3.77. The second-order valence-corrected chi connectivity index (χ2v) is 9.52. The molecule has 3 rings (SSSR count). The average Bonchev–Trinajstić information content (AvgIpc) is 3.27. The van der Waals surface area contributed by atoms with Gasteiger partial charge in [-0.15, -0.1) is 0 Å². The zero-order valence-electron chi connectivity index (χ0n) is 16.6. The van der Waals surface area contributed by atoms with Crippen LogP contribution in [0.25, 0.3) is 0 Å². The molecule has 2 fully saturated rings. The topological polar surface area (TPSA) is 110 Å². The van der Waals surface area contributed by atoms with Crippen LogP contribution in [-0.4, -0.2) is 61.2 Å². The summed E-state index contributed by atoms with van der Waals surface area (Å²) in [4.78, 5) is 24.7. The van der Waals surface area contributed by atoms with Gasteiger partial charge in [0.05, 0.1) is 9.82 Å². The number of nitro groups is 1. The van der Waals surface area contributed by atoms with E-state index in [-0.39, 0.29) is 29.2 Å². The molecule has 1 heterocycles. The molecule has 0 N–H and O–H groups in total. The van der Waals surface area contributed by atoms with Crippen LogP contribution in [0.2, 0.25) is 0 Å². The molecule has 0 bridgehead atoms. The maximum atomic E-state index is 12.7. The molecule has 1 amide bonds. The third-order valence-corrected chi connectivity index (χ3v) is 7.59. The molecule has 160 valence electrons. The minimum Gasteiger partial charge on any atom is -0.477 e. The second-order valence-electron chi connectivity index (χ2n) is 7.58. The van der Waals surface area contributed by atoms with Gasteiger partial charge in [0.25, 0.3) is 5.91 Å². The van der Waals surface area contributed by atoms with Crippen molar-refractivity contribution in [2.24, 2.45) is 0 Å². The average molecular weight is 426 g/mol. The summed E-state index contributed by atoms with van der Waals surface area (Å²) in [5.41, 5.74) is -0.460. The van der Waals surface area contributed by atoms with E-state index in [0.717, 1.165) is 44.6 Å². The van der Waals surface area contributed by atoms with Gasteiger partial charge in [0.1, 0.15) is 0 Å². The third-order valence-electron chi connectivity index (χ3n) is 5.70. The Bertz CT molecular complexity index is 861. The molecule has 1 saturated heterocycles. The van der Waals surface area contributed by atoms with E-state index in [1.54, 1.807) is 11.9 Å². The first kappa shape index (κ1) is 21.5. The van der Waals surface area contributed by atoms with Crippen molar-refractivity contribution in [3.63, 3.8) is 0 Å². The fourth-order valence-corrected chi connectivity index (χ4v) is 5.45. The molecule has 29 heavy (non-hydrogen) atoms. The Labute approximate surface area is 170 Å². The van der Waals surface area contributed by atoms with Crippen molar-refractivity contribution >= 4 is 21.6 Å². The number of hydrogen-bond donors (Lipinski definition) is 0. The molecule has 1 aliphatic carbocycles. The van der Waals surface area contributed by atoms with Gasteiger partial charge in [-0.05, 0) is 37.8 Å². The molecule has 0 aromatic heterocycles. The Hall–Kier alpha value is -2.20. The number of nitrogens with zero attached hydrogens (tertiary/aromatic N) is 3. The summed E-state index contributed by atoms with van der Waals surface area (Å²) < 4.78 is 32.1. The van der Waals surface area contributed by atoms with Crippen LogP contribution in [0.4, 0.5) is 5.69 Å². The van der Waals surface area contributed by atoms with Crippen LogP contribution in [-0.2, 0) is 14.8 Å². The van der Waals surface area contributed by atoms with Crippen molar-refractivity contribution in [3.05, 3.63) is 28.3 Å². The van der Waals surface area contributed by atoms with Gasteiger partial charge in [0.2, 0.25) is 10.0 Å². The summed E-state index contributed by atoms with van der Waals surface area (Å²) in [6.45, 7) is 0.499. The summed E-state index contributed by atoms with van der Waals surface area (Å²) in [6.07, 6.45) is 6.80. The van der Waals surface area contributed by atoms with Crippen LogP contribution < -0.4 is 4.74 Å². The fraction of sp³-hybridized carbons (Fsp3) is 0.632. The molecule has 0 radical (unpaired) electrons. The zero-order chi connectivity index (χ0) is 21.0. The van der Waals surface area contributed by atoms with Crippen molar-refractivity contribution in [1.29, 1.82) is 0 Å². The number of sulfonamides is 1. The van der Waals surface area contributed by atoms with Crippen LogP contribution in [0.1, 0.15) is 44.9 Å².